The molecule has 0 fully saturated rings. The lowest BCUT2D eigenvalue weighted by molar-refractivity contribution is 0.144. The van der Waals surface area contributed by atoms with E-state index in [4.69, 9.17) is 21.4 Å². The monoisotopic (exact) mass is 380 g/mol. The van der Waals surface area contributed by atoms with Gasteiger partial charge in [-0.2, -0.15) is 4.98 Å². The molecule has 1 unspecified atom stereocenters. The van der Waals surface area contributed by atoms with Gasteiger partial charge >= 0.3 is 6.16 Å². The molecule has 1 atom stereocenters. The number of carbonyl (C=O) groups is 1. The standard InChI is InChI=1S/C16H14ClFN4O4/c1-25-13-6-11(26-16(23)24)8-22-14(13)20-15(21-22)19-12(7-18)9-3-2-4-10(17)5-9/h2-6,8,12H,7H2,1H3,(H,19,21)(H,23,24). The third-order valence-corrected chi connectivity index (χ3v) is 3.74. The first-order valence-electron chi connectivity index (χ1n) is 7.43. The van der Waals surface area contributed by atoms with Gasteiger partial charge in [-0.15, -0.1) is 5.10 Å². The van der Waals surface area contributed by atoms with Crippen LogP contribution in [0.1, 0.15) is 11.6 Å². The summed E-state index contributed by atoms with van der Waals surface area (Å²) in [5.41, 5.74) is 0.956. The largest absolute Gasteiger partial charge is 0.511 e. The molecule has 10 heteroatoms. The number of ether oxygens (including phenoxy) is 2. The van der Waals surface area contributed by atoms with Gasteiger partial charge < -0.3 is 19.9 Å². The number of alkyl halides is 1. The van der Waals surface area contributed by atoms with E-state index in [1.807, 2.05) is 0 Å². The van der Waals surface area contributed by atoms with Gasteiger partial charge in [-0.05, 0) is 17.7 Å². The number of hydrogen-bond donors (Lipinski definition) is 2. The van der Waals surface area contributed by atoms with Crippen LogP contribution in [0.4, 0.5) is 15.1 Å². The third kappa shape index (κ3) is 3.77. The SMILES string of the molecule is COc1cc(OC(=O)O)cn2nc(NC(CF)c3cccc(Cl)c3)nc12. The van der Waals surface area contributed by atoms with Crippen LogP contribution in [0.25, 0.3) is 5.65 Å². The zero-order chi connectivity index (χ0) is 18.7. The summed E-state index contributed by atoms with van der Waals surface area (Å²) in [5.74, 6) is 0.400. The maximum atomic E-state index is 13.5. The van der Waals surface area contributed by atoms with Crippen molar-refractivity contribution in [3.8, 4) is 11.5 Å². The van der Waals surface area contributed by atoms with Crippen LogP contribution >= 0.6 is 11.6 Å². The van der Waals surface area contributed by atoms with Crippen LogP contribution in [0.5, 0.6) is 11.5 Å². The number of carboxylic acid groups (broad SMARTS) is 1. The molecule has 8 nitrogen and oxygen atoms in total. The maximum Gasteiger partial charge on any atom is 0.511 e. The minimum atomic E-state index is -1.47. The molecule has 0 spiro atoms. The predicted octanol–water partition coefficient (Wildman–Crippen LogP) is 3.57. The van der Waals surface area contributed by atoms with Crippen molar-refractivity contribution in [2.45, 2.75) is 6.04 Å². The molecule has 0 saturated heterocycles. The fraction of sp³-hybridized carbons (Fsp3) is 0.188. The highest BCUT2D eigenvalue weighted by Crippen LogP contribution is 2.27. The fourth-order valence-electron chi connectivity index (χ4n) is 2.39. The average Bonchev–Trinajstić information content (AvgIpc) is 3.00. The van der Waals surface area contributed by atoms with Crippen molar-refractivity contribution >= 4 is 29.4 Å². The summed E-state index contributed by atoms with van der Waals surface area (Å²) in [6.45, 7) is -0.708. The molecular weight excluding hydrogens is 367 g/mol. The van der Waals surface area contributed by atoms with E-state index in [1.54, 1.807) is 24.3 Å². The van der Waals surface area contributed by atoms with Crippen LogP contribution in [-0.2, 0) is 0 Å². The smallest absolute Gasteiger partial charge is 0.493 e. The first-order valence-corrected chi connectivity index (χ1v) is 7.81. The van der Waals surface area contributed by atoms with Crippen molar-refractivity contribution in [2.24, 2.45) is 0 Å². The average molecular weight is 381 g/mol. The number of methoxy groups -OCH3 is 1. The van der Waals surface area contributed by atoms with Crippen LogP contribution in [0.2, 0.25) is 5.02 Å². The van der Waals surface area contributed by atoms with Crippen molar-refractivity contribution in [1.82, 2.24) is 14.6 Å². The Morgan fingerprint density at radius 2 is 2.27 bits per heavy atom. The second kappa shape index (κ2) is 7.44. The minimum Gasteiger partial charge on any atom is -0.493 e. The Hall–Kier alpha value is -3.07. The Morgan fingerprint density at radius 1 is 1.46 bits per heavy atom. The zero-order valence-electron chi connectivity index (χ0n) is 13.5. The summed E-state index contributed by atoms with van der Waals surface area (Å²) in [6.07, 6.45) is -0.142. The quantitative estimate of drug-likeness (QED) is 0.631. The number of pyridine rings is 1. The summed E-state index contributed by atoms with van der Waals surface area (Å²) in [5, 5.41) is 16.3. The number of hydrogen-bond acceptors (Lipinski definition) is 6. The van der Waals surface area contributed by atoms with Crippen molar-refractivity contribution in [2.75, 3.05) is 19.1 Å². The molecule has 0 amide bonds. The molecule has 136 valence electrons. The lowest BCUT2D eigenvalue weighted by atomic mass is 10.1. The summed E-state index contributed by atoms with van der Waals surface area (Å²) < 4.78 is 24.6. The van der Waals surface area contributed by atoms with Crippen LogP contribution in [-0.4, -0.2) is 39.6 Å². The first-order chi connectivity index (χ1) is 12.5. The number of aromatic nitrogens is 3. The summed E-state index contributed by atoms with van der Waals surface area (Å²) in [6, 6.07) is 7.46. The lowest BCUT2D eigenvalue weighted by Gasteiger charge is -2.14. The molecule has 2 N–H and O–H groups in total. The van der Waals surface area contributed by atoms with Gasteiger partial charge in [0.05, 0.1) is 19.3 Å². The van der Waals surface area contributed by atoms with Gasteiger partial charge in [-0.1, -0.05) is 23.7 Å². The number of halogens is 2. The van der Waals surface area contributed by atoms with Crippen LogP contribution in [0, 0.1) is 0 Å². The maximum absolute atomic E-state index is 13.5. The van der Waals surface area contributed by atoms with E-state index in [1.165, 1.54) is 23.9 Å². The lowest BCUT2D eigenvalue weighted by Crippen LogP contribution is -2.13. The summed E-state index contributed by atoms with van der Waals surface area (Å²) in [4.78, 5) is 15.0. The molecule has 0 aliphatic carbocycles. The van der Waals surface area contributed by atoms with Gasteiger partial charge in [0.25, 0.3) is 0 Å². The number of rotatable bonds is 6. The van der Waals surface area contributed by atoms with Crippen molar-refractivity contribution in [3.63, 3.8) is 0 Å². The molecule has 2 heterocycles. The second-order valence-electron chi connectivity index (χ2n) is 5.22. The molecule has 0 bridgehead atoms. The van der Waals surface area contributed by atoms with Gasteiger partial charge in [-0.3, -0.25) is 0 Å². The molecule has 26 heavy (non-hydrogen) atoms. The van der Waals surface area contributed by atoms with E-state index in [-0.39, 0.29) is 17.4 Å². The first kappa shape index (κ1) is 17.7. The molecule has 0 aliphatic heterocycles. The van der Waals surface area contributed by atoms with Crippen molar-refractivity contribution in [3.05, 3.63) is 47.1 Å². The molecular formula is C16H14ClFN4O4. The van der Waals surface area contributed by atoms with E-state index < -0.39 is 18.9 Å². The Kier molecular flexibility index (Phi) is 5.08. The van der Waals surface area contributed by atoms with Crippen molar-refractivity contribution in [1.29, 1.82) is 0 Å². The van der Waals surface area contributed by atoms with Gasteiger partial charge in [0.2, 0.25) is 5.95 Å². The molecule has 3 aromatic rings. The molecule has 0 saturated carbocycles. The Bertz CT molecular complexity index is 949. The van der Waals surface area contributed by atoms with E-state index >= 15 is 0 Å². The minimum absolute atomic E-state index is 0.00943. The Labute approximate surface area is 152 Å². The van der Waals surface area contributed by atoms with Crippen molar-refractivity contribution < 1.29 is 23.8 Å². The topological polar surface area (TPSA) is 98.0 Å². The predicted molar refractivity (Wildman–Crippen MR) is 92.0 cm³/mol. The summed E-state index contributed by atoms with van der Waals surface area (Å²) in [7, 11) is 1.40. The molecule has 1 aromatic carbocycles. The highest BCUT2D eigenvalue weighted by Gasteiger charge is 2.17. The van der Waals surface area contributed by atoms with Gasteiger partial charge in [0.15, 0.2) is 17.1 Å². The van der Waals surface area contributed by atoms with Crippen LogP contribution in [0.3, 0.4) is 0 Å². The normalized spacial score (nSPS) is 12.0. The number of fused-ring (bicyclic) bond motifs is 1. The number of benzene rings is 1. The van der Waals surface area contributed by atoms with Gasteiger partial charge in [-0.25, -0.2) is 13.7 Å². The van der Waals surface area contributed by atoms with Gasteiger partial charge in [0.1, 0.15) is 6.67 Å². The Morgan fingerprint density at radius 3 is 2.92 bits per heavy atom. The molecule has 2 aromatic heterocycles. The van der Waals surface area contributed by atoms with Crippen LogP contribution in [0.15, 0.2) is 36.5 Å². The number of nitrogens with one attached hydrogen (secondary N) is 1. The highest BCUT2D eigenvalue weighted by atomic mass is 35.5. The molecule has 0 radical (unpaired) electrons. The van der Waals surface area contributed by atoms with Gasteiger partial charge in [0, 0.05) is 11.1 Å². The zero-order valence-corrected chi connectivity index (χ0v) is 14.3. The number of nitrogens with zero attached hydrogens (tertiary/aromatic N) is 3. The Balaban J connectivity index is 1.93. The summed E-state index contributed by atoms with van der Waals surface area (Å²) >= 11 is 5.95. The molecule has 3 rings (SSSR count). The molecule has 0 aliphatic rings. The van der Waals surface area contributed by atoms with E-state index in [2.05, 4.69) is 20.1 Å². The van der Waals surface area contributed by atoms with E-state index in [0.29, 0.717) is 16.2 Å². The van der Waals surface area contributed by atoms with Crippen LogP contribution < -0.4 is 14.8 Å². The highest BCUT2D eigenvalue weighted by molar-refractivity contribution is 6.30. The number of anilines is 1. The van der Waals surface area contributed by atoms with E-state index in [0.717, 1.165) is 0 Å². The van der Waals surface area contributed by atoms with E-state index in [9.17, 15) is 9.18 Å². The second-order valence-corrected chi connectivity index (χ2v) is 5.66. The third-order valence-electron chi connectivity index (χ3n) is 3.51. The fourth-order valence-corrected chi connectivity index (χ4v) is 2.59.